The molecule has 108 valence electrons. The molecule has 2 aromatic rings. The molecule has 0 aromatic carbocycles. The maximum Gasteiger partial charge on any atom is 0.329 e. The second-order valence-electron chi connectivity index (χ2n) is 4.18. The number of alkyl halides is 1. The van der Waals surface area contributed by atoms with Gasteiger partial charge in [0.05, 0.1) is 6.54 Å². The molecule has 2 heterocycles. The van der Waals surface area contributed by atoms with E-state index in [1.165, 1.54) is 4.57 Å². The third kappa shape index (κ3) is 2.93. The summed E-state index contributed by atoms with van der Waals surface area (Å²) in [5, 5.41) is 0.758. The van der Waals surface area contributed by atoms with E-state index in [2.05, 4.69) is 49.6 Å². The van der Waals surface area contributed by atoms with E-state index in [1.54, 1.807) is 18.5 Å². The topological polar surface area (TPSA) is 72.7 Å². The lowest BCUT2D eigenvalue weighted by molar-refractivity contribution is 0.821. The standard InChI is InChI=1S/C14H13BrN4O2/c1-3-4-9-19-10(7-5-6-8-15)16-12-11(19)13(20)17-14(21)18(12)2/h6,8-9H2,1-2H3,(H,17,20,21). The molecule has 0 bridgehead atoms. The molecule has 2 rings (SSSR count). The zero-order valence-electron chi connectivity index (χ0n) is 11.7. The molecule has 0 saturated carbocycles. The van der Waals surface area contributed by atoms with Gasteiger partial charge in [0.2, 0.25) is 0 Å². The van der Waals surface area contributed by atoms with Crippen LogP contribution in [0.25, 0.3) is 11.2 Å². The molecular weight excluding hydrogens is 336 g/mol. The molecule has 21 heavy (non-hydrogen) atoms. The van der Waals surface area contributed by atoms with Gasteiger partial charge in [-0.15, -0.1) is 5.92 Å². The van der Waals surface area contributed by atoms with Crippen molar-refractivity contribution in [1.29, 1.82) is 0 Å². The number of H-pyrrole nitrogens is 1. The second-order valence-corrected chi connectivity index (χ2v) is 4.97. The zero-order valence-corrected chi connectivity index (χ0v) is 13.2. The van der Waals surface area contributed by atoms with Gasteiger partial charge in [0.25, 0.3) is 5.56 Å². The molecule has 0 radical (unpaired) electrons. The van der Waals surface area contributed by atoms with Gasteiger partial charge < -0.3 is 0 Å². The van der Waals surface area contributed by atoms with E-state index in [4.69, 9.17) is 0 Å². The normalized spacial score (nSPS) is 9.86. The van der Waals surface area contributed by atoms with Crippen LogP contribution >= 0.6 is 15.9 Å². The van der Waals surface area contributed by atoms with E-state index in [0.29, 0.717) is 30.0 Å². The van der Waals surface area contributed by atoms with Crippen molar-refractivity contribution >= 4 is 27.1 Å². The summed E-state index contributed by atoms with van der Waals surface area (Å²) in [6, 6.07) is 0. The van der Waals surface area contributed by atoms with E-state index in [0.717, 1.165) is 5.33 Å². The van der Waals surface area contributed by atoms with Crippen molar-refractivity contribution in [3.63, 3.8) is 0 Å². The summed E-state index contributed by atoms with van der Waals surface area (Å²) in [4.78, 5) is 30.3. The fourth-order valence-electron chi connectivity index (χ4n) is 1.83. The van der Waals surface area contributed by atoms with E-state index in [1.807, 2.05) is 0 Å². The van der Waals surface area contributed by atoms with Gasteiger partial charge in [0.1, 0.15) is 0 Å². The smallest absolute Gasteiger partial charge is 0.300 e. The first-order valence-corrected chi connectivity index (χ1v) is 7.36. The van der Waals surface area contributed by atoms with Gasteiger partial charge in [-0.2, -0.15) is 0 Å². The monoisotopic (exact) mass is 348 g/mol. The van der Waals surface area contributed by atoms with Crippen LogP contribution in [0.3, 0.4) is 0 Å². The molecule has 6 nitrogen and oxygen atoms in total. The molecule has 0 amide bonds. The Morgan fingerprint density at radius 2 is 2.10 bits per heavy atom. The Kier molecular flexibility index (Phi) is 4.66. The summed E-state index contributed by atoms with van der Waals surface area (Å²) in [5.74, 6) is 12.0. The Morgan fingerprint density at radius 3 is 2.76 bits per heavy atom. The minimum absolute atomic E-state index is 0.298. The number of rotatable bonds is 2. The van der Waals surface area contributed by atoms with Crippen LogP contribution in [0.1, 0.15) is 19.2 Å². The van der Waals surface area contributed by atoms with Crippen molar-refractivity contribution < 1.29 is 0 Å². The van der Waals surface area contributed by atoms with Gasteiger partial charge >= 0.3 is 5.69 Å². The lowest BCUT2D eigenvalue weighted by atomic mass is 10.4. The lowest BCUT2D eigenvalue weighted by Gasteiger charge is -2.00. The van der Waals surface area contributed by atoms with Crippen molar-refractivity contribution in [2.45, 2.75) is 19.9 Å². The molecule has 0 spiro atoms. The number of hydrogen-bond donors (Lipinski definition) is 1. The Balaban J connectivity index is 2.79. The quantitative estimate of drug-likeness (QED) is 0.637. The first-order valence-electron chi connectivity index (χ1n) is 6.24. The Bertz CT molecular complexity index is 912. The van der Waals surface area contributed by atoms with E-state index in [9.17, 15) is 9.59 Å². The van der Waals surface area contributed by atoms with E-state index < -0.39 is 11.2 Å². The summed E-state index contributed by atoms with van der Waals surface area (Å²) in [5.41, 5.74) is -0.362. The highest BCUT2D eigenvalue weighted by Crippen LogP contribution is 2.09. The van der Waals surface area contributed by atoms with Crippen molar-refractivity contribution in [3.8, 4) is 23.7 Å². The highest BCUT2D eigenvalue weighted by molar-refractivity contribution is 9.09. The molecule has 0 aliphatic rings. The number of nitrogens with one attached hydrogen (secondary N) is 1. The molecule has 0 saturated heterocycles. The van der Waals surface area contributed by atoms with Crippen molar-refractivity contribution in [3.05, 3.63) is 26.7 Å². The number of halogens is 1. The zero-order chi connectivity index (χ0) is 15.4. The number of aromatic amines is 1. The van der Waals surface area contributed by atoms with Gasteiger partial charge in [-0.25, -0.2) is 9.78 Å². The summed E-state index contributed by atoms with van der Waals surface area (Å²) in [7, 11) is 1.55. The van der Waals surface area contributed by atoms with Crippen LogP contribution in [-0.2, 0) is 13.6 Å². The number of nitrogens with zero attached hydrogens (tertiary/aromatic N) is 3. The molecule has 0 fully saturated rings. The molecule has 0 aliphatic carbocycles. The molecule has 1 N–H and O–H groups in total. The third-order valence-electron chi connectivity index (χ3n) is 2.84. The average Bonchev–Trinajstić information content (AvgIpc) is 2.82. The van der Waals surface area contributed by atoms with Gasteiger partial charge in [-0.1, -0.05) is 27.8 Å². The van der Waals surface area contributed by atoms with Crippen LogP contribution < -0.4 is 11.2 Å². The highest BCUT2D eigenvalue weighted by atomic mass is 79.9. The Morgan fingerprint density at radius 1 is 1.33 bits per heavy atom. The summed E-state index contributed by atoms with van der Waals surface area (Å²) >= 11 is 3.30. The van der Waals surface area contributed by atoms with Gasteiger partial charge in [0, 0.05) is 18.8 Å². The minimum Gasteiger partial charge on any atom is -0.300 e. The van der Waals surface area contributed by atoms with Crippen molar-refractivity contribution in [2.24, 2.45) is 7.05 Å². The minimum atomic E-state index is -0.501. The van der Waals surface area contributed by atoms with E-state index in [-0.39, 0.29) is 0 Å². The second kappa shape index (κ2) is 6.47. The Labute approximate surface area is 129 Å². The first kappa shape index (κ1) is 15.1. The summed E-state index contributed by atoms with van der Waals surface area (Å²) in [6.07, 6.45) is 0.665. The number of aromatic nitrogens is 4. The number of aryl methyl sites for hydroxylation is 1. The van der Waals surface area contributed by atoms with Crippen LogP contribution in [0.5, 0.6) is 0 Å². The van der Waals surface area contributed by atoms with Crippen LogP contribution in [0.4, 0.5) is 0 Å². The van der Waals surface area contributed by atoms with Gasteiger partial charge in [0.15, 0.2) is 17.0 Å². The molecule has 7 heteroatoms. The largest absolute Gasteiger partial charge is 0.329 e. The molecule has 0 unspecified atom stereocenters. The molecule has 0 aliphatic heterocycles. The maximum absolute atomic E-state index is 12.0. The summed E-state index contributed by atoms with van der Waals surface area (Å²) < 4.78 is 2.92. The lowest BCUT2D eigenvalue weighted by Crippen LogP contribution is -2.29. The highest BCUT2D eigenvalue weighted by Gasteiger charge is 2.15. The van der Waals surface area contributed by atoms with Gasteiger partial charge in [-0.3, -0.25) is 18.9 Å². The SMILES string of the molecule is CC#CCn1c(C#CCCBr)nc2c1c(=O)[nH]c(=O)n2C. The predicted octanol–water partition coefficient (Wildman–Crippen LogP) is 0.583. The maximum atomic E-state index is 12.0. The fraction of sp³-hybridized carbons (Fsp3) is 0.357. The molecular formula is C14H13BrN4O2. The number of hydrogen-bond acceptors (Lipinski definition) is 3. The van der Waals surface area contributed by atoms with Crippen LogP contribution in [0, 0.1) is 23.7 Å². The first-order chi connectivity index (χ1) is 10.1. The van der Waals surface area contributed by atoms with Crippen molar-refractivity contribution in [1.82, 2.24) is 19.1 Å². The predicted molar refractivity (Wildman–Crippen MR) is 84.3 cm³/mol. The molecule has 0 atom stereocenters. The average molecular weight is 349 g/mol. The van der Waals surface area contributed by atoms with Gasteiger partial charge in [-0.05, 0) is 12.8 Å². The van der Waals surface area contributed by atoms with E-state index >= 15 is 0 Å². The van der Waals surface area contributed by atoms with Crippen molar-refractivity contribution in [2.75, 3.05) is 5.33 Å². The third-order valence-corrected chi connectivity index (χ3v) is 3.24. The molecule has 2 aromatic heterocycles. The van der Waals surface area contributed by atoms with Crippen LogP contribution in [-0.4, -0.2) is 24.4 Å². The number of imidazole rings is 1. The Hall–Kier alpha value is -2.25. The summed E-state index contributed by atoms with van der Waals surface area (Å²) in [6.45, 7) is 2.02. The fourth-order valence-corrected chi connectivity index (χ4v) is 2.03. The number of fused-ring (bicyclic) bond motifs is 1. The van der Waals surface area contributed by atoms with Crippen LogP contribution in [0.15, 0.2) is 9.59 Å². The van der Waals surface area contributed by atoms with Crippen LogP contribution in [0.2, 0.25) is 0 Å².